The molecule has 1 saturated heterocycles. The highest BCUT2D eigenvalue weighted by atomic mass is 32.2. The Bertz CT molecular complexity index is 888. The second-order valence-electron chi connectivity index (χ2n) is 6.37. The summed E-state index contributed by atoms with van der Waals surface area (Å²) in [7, 11) is -3.68. The molecule has 2 aromatic carbocycles. The van der Waals surface area contributed by atoms with Gasteiger partial charge in [0, 0.05) is 13.1 Å². The van der Waals surface area contributed by atoms with E-state index < -0.39 is 15.8 Å². The predicted octanol–water partition coefficient (Wildman–Crippen LogP) is 3.14. The van der Waals surface area contributed by atoms with Gasteiger partial charge >= 0.3 is 5.97 Å². The normalized spacial score (nSPS) is 16.4. The maximum absolute atomic E-state index is 13.0. The molecule has 2 aromatic rings. The van der Waals surface area contributed by atoms with Crippen LogP contribution in [0, 0.1) is 18.7 Å². The molecule has 26 heavy (non-hydrogen) atoms. The molecule has 0 unspecified atom stereocenters. The molecule has 0 aliphatic carbocycles. The first-order chi connectivity index (χ1) is 12.4. The minimum Gasteiger partial charge on any atom is -0.426 e. The summed E-state index contributed by atoms with van der Waals surface area (Å²) < 4.78 is 44.9. The van der Waals surface area contributed by atoms with Crippen molar-refractivity contribution < 1.29 is 22.3 Å². The number of piperidine rings is 1. The van der Waals surface area contributed by atoms with E-state index in [2.05, 4.69) is 0 Å². The van der Waals surface area contributed by atoms with Gasteiger partial charge in [-0.1, -0.05) is 12.1 Å². The lowest BCUT2D eigenvalue weighted by atomic mass is 9.98. The van der Waals surface area contributed by atoms with Crippen LogP contribution in [0.3, 0.4) is 0 Å². The molecule has 138 valence electrons. The first-order valence-corrected chi connectivity index (χ1v) is 9.84. The number of carbonyl (C=O) groups excluding carboxylic acids is 1. The number of halogens is 1. The molecule has 0 N–H and O–H groups in total. The van der Waals surface area contributed by atoms with Gasteiger partial charge in [0.15, 0.2) is 0 Å². The van der Waals surface area contributed by atoms with Crippen molar-refractivity contribution in [3.63, 3.8) is 0 Å². The second kappa shape index (κ2) is 7.55. The van der Waals surface area contributed by atoms with Crippen molar-refractivity contribution >= 4 is 16.0 Å². The summed E-state index contributed by atoms with van der Waals surface area (Å²) in [5, 5.41) is 0. The van der Waals surface area contributed by atoms with Crippen LogP contribution >= 0.6 is 0 Å². The number of aryl methyl sites for hydroxylation is 1. The number of rotatable bonds is 4. The number of hydrogen-bond acceptors (Lipinski definition) is 4. The Kier molecular flexibility index (Phi) is 5.38. The summed E-state index contributed by atoms with van der Waals surface area (Å²) in [6, 6.07) is 12.0. The van der Waals surface area contributed by atoms with Crippen LogP contribution in [0.1, 0.15) is 18.4 Å². The van der Waals surface area contributed by atoms with Crippen LogP contribution < -0.4 is 4.74 Å². The fraction of sp³-hybridized carbons (Fsp3) is 0.316. The first-order valence-electron chi connectivity index (χ1n) is 8.40. The Labute approximate surface area is 152 Å². The molecule has 1 aliphatic heterocycles. The van der Waals surface area contributed by atoms with Crippen LogP contribution in [-0.2, 0) is 14.8 Å². The van der Waals surface area contributed by atoms with E-state index >= 15 is 0 Å². The van der Waals surface area contributed by atoms with Crippen LogP contribution in [0.2, 0.25) is 0 Å². The van der Waals surface area contributed by atoms with Crippen molar-refractivity contribution in [3.05, 3.63) is 59.9 Å². The first kappa shape index (κ1) is 18.5. The van der Waals surface area contributed by atoms with Crippen molar-refractivity contribution in [3.8, 4) is 5.75 Å². The summed E-state index contributed by atoms with van der Waals surface area (Å²) in [5.41, 5.74) is 0.996. The van der Waals surface area contributed by atoms with E-state index in [0.29, 0.717) is 18.6 Å². The molecule has 0 atom stereocenters. The molecule has 0 amide bonds. The highest BCUT2D eigenvalue weighted by Crippen LogP contribution is 2.25. The molecule has 3 rings (SSSR count). The third-order valence-corrected chi connectivity index (χ3v) is 6.36. The monoisotopic (exact) mass is 377 g/mol. The zero-order valence-electron chi connectivity index (χ0n) is 14.4. The van der Waals surface area contributed by atoms with E-state index in [4.69, 9.17) is 4.74 Å². The van der Waals surface area contributed by atoms with Crippen LogP contribution in [0.15, 0.2) is 53.4 Å². The Balaban J connectivity index is 1.61. The van der Waals surface area contributed by atoms with E-state index in [-0.39, 0.29) is 29.9 Å². The smallest absolute Gasteiger partial charge is 0.314 e. The van der Waals surface area contributed by atoms with Gasteiger partial charge in [0.2, 0.25) is 10.0 Å². The van der Waals surface area contributed by atoms with Crippen LogP contribution in [0.25, 0.3) is 0 Å². The third-order valence-electron chi connectivity index (χ3n) is 4.45. The van der Waals surface area contributed by atoms with E-state index in [1.165, 1.54) is 16.4 Å². The average molecular weight is 377 g/mol. The minimum absolute atomic E-state index is 0.0553. The molecule has 1 fully saturated rings. The Morgan fingerprint density at radius 1 is 1.12 bits per heavy atom. The SMILES string of the molecule is Cc1cccc(OC(=O)C2CCN(S(=O)(=O)c3ccc(F)cc3)CC2)c1. The standard InChI is InChI=1S/C19H20FNO4S/c1-14-3-2-4-17(13-14)25-19(22)15-9-11-21(12-10-15)26(23,24)18-7-5-16(20)6-8-18/h2-8,13,15H,9-12H2,1H3. The number of ether oxygens (including phenoxy) is 1. The van der Waals surface area contributed by atoms with Gasteiger partial charge in [-0.15, -0.1) is 0 Å². The molecule has 0 saturated carbocycles. The topological polar surface area (TPSA) is 63.7 Å². The molecule has 0 aromatic heterocycles. The largest absolute Gasteiger partial charge is 0.426 e. The molecular formula is C19H20FNO4S. The van der Waals surface area contributed by atoms with E-state index in [9.17, 15) is 17.6 Å². The molecule has 0 radical (unpaired) electrons. The van der Waals surface area contributed by atoms with Crippen LogP contribution in [-0.4, -0.2) is 31.8 Å². The number of carbonyl (C=O) groups is 1. The lowest BCUT2D eigenvalue weighted by molar-refractivity contribution is -0.140. The van der Waals surface area contributed by atoms with Gasteiger partial charge in [-0.05, 0) is 61.7 Å². The zero-order valence-corrected chi connectivity index (χ0v) is 15.2. The maximum atomic E-state index is 13.0. The van der Waals surface area contributed by atoms with Crippen molar-refractivity contribution in [1.82, 2.24) is 4.31 Å². The highest BCUT2D eigenvalue weighted by Gasteiger charge is 2.33. The summed E-state index contributed by atoms with van der Waals surface area (Å²) in [5.74, 6) is -0.664. The van der Waals surface area contributed by atoms with Crippen LogP contribution in [0.5, 0.6) is 5.75 Å². The molecule has 7 heteroatoms. The molecule has 5 nitrogen and oxygen atoms in total. The Morgan fingerprint density at radius 2 is 1.77 bits per heavy atom. The van der Waals surface area contributed by atoms with Crippen molar-refractivity contribution in [2.45, 2.75) is 24.7 Å². The molecular weight excluding hydrogens is 357 g/mol. The van der Waals surface area contributed by atoms with Gasteiger partial charge in [-0.2, -0.15) is 4.31 Å². The van der Waals surface area contributed by atoms with Gasteiger partial charge in [0.05, 0.1) is 10.8 Å². The van der Waals surface area contributed by atoms with E-state index in [1.807, 2.05) is 19.1 Å². The lowest BCUT2D eigenvalue weighted by Crippen LogP contribution is -2.41. The van der Waals surface area contributed by atoms with Gasteiger partial charge in [0.1, 0.15) is 11.6 Å². The maximum Gasteiger partial charge on any atom is 0.314 e. The Morgan fingerprint density at radius 3 is 2.38 bits per heavy atom. The van der Waals surface area contributed by atoms with Gasteiger partial charge < -0.3 is 4.74 Å². The molecule has 0 spiro atoms. The molecule has 1 aliphatic rings. The third kappa shape index (κ3) is 4.11. The minimum atomic E-state index is -3.68. The number of hydrogen-bond donors (Lipinski definition) is 0. The summed E-state index contributed by atoms with van der Waals surface area (Å²) >= 11 is 0. The van der Waals surface area contributed by atoms with Gasteiger partial charge in [-0.25, -0.2) is 12.8 Å². The summed E-state index contributed by atoms with van der Waals surface area (Å²) in [6.45, 7) is 2.37. The van der Waals surface area contributed by atoms with Crippen molar-refractivity contribution in [2.24, 2.45) is 5.92 Å². The average Bonchev–Trinajstić information content (AvgIpc) is 2.62. The zero-order chi connectivity index (χ0) is 18.7. The van der Waals surface area contributed by atoms with Crippen molar-refractivity contribution in [2.75, 3.05) is 13.1 Å². The van der Waals surface area contributed by atoms with E-state index in [1.54, 1.807) is 12.1 Å². The van der Waals surface area contributed by atoms with Gasteiger partial charge in [-0.3, -0.25) is 4.79 Å². The second-order valence-corrected chi connectivity index (χ2v) is 8.31. The summed E-state index contributed by atoms with van der Waals surface area (Å²) in [4.78, 5) is 12.4. The summed E-state index contributed by atoms with van der Waals surface area (Å²) in [6.07, 6.45) is 0.788. The molecule has 1 heterocycles. The Hall–Kier alpha value is -2.25. The number of sulfonamides is 1. The fourth-order valence-corrected chi connectivity index (χ4v) is 4.44. The fourth-order valence-electron chi connectivity index (χ4n) is 2.97. The number of esters is 1. The number of benzene rings is 2. The molecule has 0 bridgehead atoms. The van der Waals surface area contributed by atoms with E-state index in [0.717, 1.165) is 17.7 Å². The van der Waals surface area contributed by atoms with Crippen molar-refractivity contribution in [1.29, 1.82) is 0 Å². The lowest BCUT2D eigenvalue weighted by Gasteiger charge is -2.30. The van der Waals surface area contributed by atoms with Crippen LogP contribution in [0.4, 0.5) is 4.39 Å². The highest BCUT2D eigenvalue weighted by molar-refractivity contribution is 7.89. The quantitative estimate of drug-likeness (QED) is 0.607. The number of nitrogens with zero attached hydrogens (tertiary/aromatic N) is 1. The predicted molar refractivity (Wildman–Crippen MR) is 94.7 cm³/mol. The van der Waals surface area contributed by atoms with Gasteiger partial charge in [0.25, 0.3) is 0 Å².